The lowest BCUT2D eigenvalue weighted by Gasteiger charge is -2.31. The number of hydrogen-bond acceptors (Lipinski definition) is 3. The van der Waals surface area contributed by atoms with Crippen LogP contribution in [0.5, 0.6) is 0 Å². The van der Waals surface area contributed by atoms with Crippen molar-refractivity contribution in [2.24, 2.45) is 11.8 Å². The fourth-order valence-electron chi connectivity index (χ4n) is 3.40. The molecule has 2 amide bonds. The number of carboxylic acid groups (broad SMARTS) is 1. The van der Waals surface area contributed by atoms with Crippen molar-refractivity contribution in [3.63, 3.8) is 0 Å². The third-order valence-electron chi connectivity index (χ3n) is 4.72. The van der Waals surface area contributed by atoms with Gasteiger partial charge in [-0.25, -0.2) is 0 Å². The van der Waals surface area contributed by atoms with Crippen LogP contribution < -0.4 is 5.32 Å². The van der Waals surface area contributed by atoms with E-state index >= 15 is 0 Å². The van der Waals surface area contributed by atoms with Gasteiger partial charge in [0.2, 0.25) is 11.8 Å². The Morgan fingerprint density at radius 1 is 1.14 bits per heavy atom. The van der Waals surface area contributed by atoms with Crippen molar-refractivity contribution in [2.45, 2.75) is 57.9 Å². The number of likely N-dealkylation sites (tertiary alicyclic amines) is 1. The minimum absolute atomic E-state index is 0.0554. The molecule has 2 N–H and O–H groups in total. The number of amides is 2. The van der Waals surface area contributed by atoms with Crippen LogP contribution >= 0.6 is 0 Å². The molecule has 1 heterocycles. The van der Waals surface area contributed by atoms with Crippen molar-refractivity contribution in [1.29, 1.82) is 0 Å². The molecule has 2 aliphatic rings. The topological polar surface area (TPSA) is 86.7 Å². The molecule has 0 radical (unpaired) electrons. The first kappa shape index (κ1) is 16.8. The Hall–Kier alpha value is -1.59. The maximum Gasteiger partial charge on any atom is 0.308 e. The second-order valence-corrected chi connectivity index (χ2v) is 6.61. The zero-order valence-corrected chi connectivity index (χ0v) is 13.2. The smallest absolute Gasteiger partial charge is 0.308 e. The van der Waals surface area contributed by atoms with E-state index in [0.29, 0.717) is 13.0 Å². The van der Waals surface area contributed by atoms with Crippen LogP contribution in [0.4, 0.5) is 0 Å². The molecule has 22 heavy (non-hydrogen) atoms. The summed E-state index contributed by atoms with van der Waals surface area (Å²) in [5, 5.41) is 12.0. The second-order valence-electron chi connectivity index (χ2n) is 6.61. The summed E-state index contributed by atoms with van der Waals surface area (Å²) in [4.78, 5) is 37.0. The Bertz CT molecular complexity index is 432. The first-order valence-corrected chi connectivity index (χ1v) is 8.28. The van der Waals surface area contributed by atoms with Crippen molar-refractivity contribution in [3.05, 3.63) is 0 Å². The van der Waals surface area contributed by atoms with Crippen LogP contribution in [0.25, 0.3) is 0 Å². The Labute approximate surface area is 131 Å². The third-order valence-corrected chi connectivity index (χ3v) is 4.72. The minimum Gasteiger partial charge on any atom is -0.481 e. The van der Waals surface area contributed by atoms with Gasteiger partial charge in [0.05, 0.1) is 5.92 Å². The lowest BCUT2D eigenvalue weighted by Crippen LogP contribution is -2.45. The molecule has 0 aromatic rings. The van der Waals surface area contributed by atoms with E-state index in [2.05, 4.69) is 5.32 Å². The van der Waals surface area contributed by atoms with Gasteiger partial charge in [-0.3, -0.25) is 14.4 Å². The maximum absolute atomic E-state index is 12.3. The van der Waals surface area contributed by atoms with Crippen LogP contribution in [-0.4, -0.2) is 46.9 Å². The molecule has 124 valence electrons. The van der Waals surface area contributed by atoms with Gasteiger partial charge in [0.1, 0.15) is 0 Å². The van der Waals surface area contributed by atoms with Crippen LogP contribution in [0.1, 0.15) is 51.9 Å². The number of hydrogen-bond donors (Lipinski definition) is 2. The summed E-state index contributed by atoms with van der Waals surface area (Å²) >= 11 is 0. The molecule has 2 fully saturated rings. The Morgan fingerprint density at radius 2 is 1.77 bits per heavy atom. The van der Waals surface area contributed by atoms with E-state index in [4.69, 9.17) is 5.11 Å². The molecule has 1 saturated heterocycles. The molecular formula is C16H26N2O4. The summed E-state index contributed by atoms with van der Waals surface area (Å²) in [7, 11) is 0. The van der Waals surface area contributed by atoms with Gasteiger partial charge >= 0.3 is 5.97 Å². The number of nitrogens with zero attached hydrogens (tertiary/aromatic N) is 1. The predicted molar refractivity (Wildman–Crippen MR) is 81.1 cm³/mol. The standard InChI is InChI=1S/C16H26N2O4/c1-11(17-15(20)12-5-2-3-6-12)9-14(19)18-8-4-7-13(10-18)16(21)22/h11-13H,2-10H2,1H3,(H,17,20)(H,21,22)/t11-,13-/m1/s1. The molecule has 0 unspecified atom stereocenters. The summed E-state index contributed by atoms with van der Waals surface area (Å²) in [6.45, 7) is 2.74. The molecule has 2 atom stereocenters. The molecule has 2 rings (SSSR count). The monoisotopic (exact) mass is 310 g/mol. The highest BCUT2D eigenvalue weighted by Gasteiger charge is 2.29. The van der Waals surface area contributed by atoms with Gasteiger partial charge in [0.15, 0.2) is 0 Å². The van der Waals surface area contributed by atoms with Gasteiger partial charge in [0, 0.05) is 31.5 Å². The highest BCUT2D eigenvalue weighted by atomic mass is 16.4. The molecule has 1 aliphatic carbocycles. The van der Waals surface area contributed by atoms with E-state index < -0.39 is 11.9 Å². The Kier molecular flexibility index (Phi) is 5.80. The highest BCUT2D eigenvalue weighted by molar-refractivity contribution is 5.81. The number of piperidine rings is 1. The Balaban J connectivity index is 1.77. The Morgan fingerprint density at radius 3 is 2.41 bits per heavy atom. The average molecular weight is 310 g/mol. The van der Waals surface area contributed by atoms with E-state index in [0.717, 1.165) is 32.1 Å². The summed E-state index contributed by atoms with van der Waals surface area (Å²) < 4.78 is 0. The van der Waals surface area contributed by atoms with E-state index in [1.165, 1.54) is 0 Å². The predicted octanol–water partition coefficient (Wildman–Crippen LogP) is 1.39. The van der Waals surface area contributed by atoms with Gasteiger partial charge in [-0.2, -0.15) is 0 Å². The maximum atomic E-state index is 12.3. The van der Waals surface area contributed by atoms with Gasteiger partial charge in [-0.15, -0.1) is 0 Å². The van der Waals surface area contributed by atoms with Gasteiger partial charge in [-0.1, -0.05) is 12.8 Å². The van der Waals surface area contributed by atoms with Crippen molar-refractivity contribution in [3.8, 4) is 0 Å². The van der Waals surface area contributed by atoms with E-state index in [1.54, 1.807) is 4.90 Å². The fourth-order valence-corrected chi connectivity index (χ4v) is 3.40. The zero-order valence-electron chi connectivity index (χ0n) is 13.2. The molecule has 0 aromatic carbocycles. The SMILES string of the molecule is C[C@H](CC(=O)N1CCC[C@@H](C(=O)O)C1)NC(=O)C1CCCC1. The lowest BCUT2D eigenvalue weighted by atomic mass is 9.97. The van der Waals surface area contributed by atoms with Crippen LogP contribution in [0, 0.1) is 11.8 Å². The molecule has 0 bridgehead atoms. The number of carboxylic acids is 1. The first-order chi connectivity index (χ1) is 10.5. The number of aliphatic carboxylic acids is 1. The van der Waals surface area contributed by atoms with Gasteiger partial charge < -0.3 is 15.3 Å². The van der Waals surface area contributed by atoms with Crippen molar-refractivity contribution in [1.82, 2.24) is 10.2 Å². The molecule has 1 aliphatic heterocycles. The number of carbonyl (C=O) groups excluding carboxylic acids is 2. The second kappa shape index (κ2) is 7.61. The number of carbonyl (C=O) groups is 3. The number of rotatable bonds is 5. The van der Waals surface area contributed by atoms with E-state index in [-0.39, 0.29) is 36.7 Å². The average Bonchev–Trinajstić information content (AvgIpc) is 3.01. The molecular weight excluding hydrogens is 284 g/mol. The highest BCUT2D eigenvalue weighted by Crippen LogP contribution is 2.25. The van der Waals surface area contributed by atoms with Crippen LogP contribution in [0.3, 0.4) is 0 Å². The lowest BCUT2D eigenvalue weighted by molar-refractivity contribution is -0.145. The van der Waals surface area contributed by atoms with Crippen LogP contribution in [-0.2, 0) is 14.4 Å². The van der Waals surface area contributed by atoms with Crippen LogP contribution in [0.15, 0.2) is 0 Å². The zero-order chi connectivity index (χ0) is 16.1. The number of nitrogens with one attached hydrogen (secondary N) is 1. The molecule has 0 spiro atoms. The normalized spacial score (nSPS) is 24.0. The quantitative estimate of drug-likeness (QED) is 0.803. The molecule has 6 heteroatoms. The minimum atomic E-state index is -0.833. The van der Waals surface area contributed by atoms with E-state index in [9.17, 15) is 14.4 Å². The molecule has 1 saturated carbocycles. The van der Waals surface area contributed by atoms with Crippen molar-refractivity contribution < 1.29 is 19.5 Å². The molecule has 6 nitrogen and oxygen atoms in total. The van der Waals surface area contributed by atoms with Crippen LogP contribution in [0.2, 0.25) is 0 Å². The molecule has 0 aromatic heterocycles. The van der Waals surface area contributed by atoms with Crippen molar-refractivity contribution in [2.75, 3.05) is 13.1 Å². The van der Waals surface area contributed by atoms with Gasteiger partial charge in [0.25, 0.3) is 0 Å². The van der Waals surface area contributed by atoms with E-state index in [1.807, 2.05) is 6.92 Å². The van der Waals surface area contributed by atoms with Gasteiger partial charge in [-0.05, 0) is 32.6 Å². The summed E-state index contributed by atoms with van der Waals surface area (Å²) in [6, 6.07) is -0.203. The first-order valence-electron chi connectivity index (χ1n) is 8.28. The largest absolute Gasteiger partial charge is 0.481 e. The summed E-state index contributed by atoms with van der Waals surface area (Å²) in [5.41, 5.74) is 0. The summed E-state index contributed by atoms with van der Waals surface area (Å²) in [5.74, 6) is -1.20. The fraction of sp³-hybridized carbons (Fsp3) is 0.812. The summed E-state index contributed by atoms with van der Waals surface area (Å²) in [6.07, 6.45) is 5.70. The third kappa shape index (κ3) is 4.45. The van der Waals surface area contributed by atoms with Crippen molar-refractivity contribution >= 4 is 17.8 Å².